The topological polar surface area (TPSA) is 58.6 Å². The van der Waals surface area contributed by atoms with Gasteiger partial charge in [-0.3, -0.25) is 10.1 Å². The molecule has 1 saturated carbocycles. The second-order valence-corrected chi connectivity index (χ2v) is 4.68. The predicted molar refractivity (Wildman–Crippen MR) is 66.7 cm³/mol. The maximum Gasteiger partial charge on any atom is 0.326 e. The predicted octanol–water partition coefficient (Wildman–Crippen LogP) is 1.39. The van der Waals surface area contributed by atoms with Gasteiger partial charge in [-0.25, -0.2) is 0 Å². The number of hydrogen-bond acceptors (Lipinski definition) is 4. The number of nitrogens with one attached hydrogen (secondary N) is 1. The van der Waals surface area contributed by atoms with Crippen LogP contribution in [0, 0.1) is 0 Å². The van der Waals surface area contributed by atoms with Gasteiger partial charge in [0.2, 0.25) is 0 Å². The number of aliphatic hydroxyl groups is 1. The van der Waals surface area contributed by atoms with Gasteiger partial charge in [0.05, 0.1) is 13.2 Å². The van der Waals surface area contributed by atoms with Crippen LogP contribution in [-0.2, 0) is 9.53 Å². The fourth-order valence-corrected chi connectivity index (χ4v) is 2.35. The molecule has 1 unspecified atom stereocenters. The molecular weight excluding hydrogens is 218 g/mol. The molecule has 0 aromatic carbocycles. The largest absolute Gasteiger partial charge is 0.468 e. The van der Waals surface area contributed by atoms with Crippen molar-refractivity contribution in [1.82, 2.24) is 5.32 Å². The molecule has 0 aliphatic heterocycles. The third kappa shape index (κ3) is 3.82. The first-order chi connectivity index (χ1) is 8.14. The lowest BCUT2D eigenvalue weighted by Crippen LogP contribution is -2.52. The fraction of sp³-hybridized carbons (Fsp3) is 0.769. The van der Waals surface area contributed by atoms with Gasteiger partial charge in [0.25, 0.3) is 0 Å². The lowest BCUT2D eigenvalue weighted by molar-refractivity contribution is -0.148. The summed E-state index contributed by atoms with van der Waals surface area (Å²) < 4.78 is 4.85. The second kappa shape index (κ2) is 6.77. The summed E-state index contributed by atoms with van der Waals surface area (Å²) in [5.41, 5.74) is -0.566. The van der Waals surface area contributed by atoms with Crippen molar-refractivity contribution in [2.24, 2.45) is 0 Å². The molecule has 1 fully saturated rings. The van der Waals surface area contributed by atoms with Crippen molar-refractivity contribution >= 4 is 5.97 Å². The molecule has 98 valence electrons. The number of carbonyl (C=O) groups excluding carboxylic acids is 1. The van der Waals surface area contributed by atoms with E-state index in [1.165, 1.54) is 7.11 Å². The molecule has 0 spiro atoms. The SMILES string of the molecule is C=CCCC(O)CNC1(C(=O)OC)CCCC1. The molecule has 0 aromatic rings. The minimum Gasteiger partial charge on any atom is -0.468 e. The molecule has 0 heterocycles. The number of aliphatic hydroxyl groups excluding tert-OH is 1. The highest BCUT2D eigenvalue weighted by atomic mass is 16.5. The van der Waals surface area contributed by atoms with Crippen LogP contribution < -0.4 is 5.32 Å². The van der Waals surface area contributed by atoms with Gasteiger partial charge in [-0.05, 0) is 25.7 Å². The van der Waals surface area contributed by atoms with Crippen LogP contribution in [0.5, 0.6) is 0 Å². The first-order valence-corrected chi connectivity index (χ1v) is 6.27. The van der Waals surface area contributed by atoms with E-state index in [-0.39, 0.29) is 5.97 Å². The maximum absolute atomic E-state index is 11.8. The lowest BCUT2D eigenvalue weighted by Gasteiger charge is -2.28. The highest BCUT2D eigenvalue weighted by Gasteiger charge is 2.41. The van der Waals surface area contributed by atoms with Gasteiger partial charge < -0.3 is 9.84 Å². The van der Waals surface area contributed by atoms with Gasteiger partial charge in [-0.15, -0.1) is 6.58 Å². The van der Waals surface area contributed by atoms with Crippen molar-refractivity contribution in [3.8, 4) is 0 Å². The second-order valence-electron chi connectivity index (χ2n) is 4.68. The number of carbonyl (C=O) groups is 1. The maximum atomic E-state index is 11.8. The van der Waals surface area contributed by atoms with Crippen molar-refractivity contribution in [3.63, 3.8) is 0 Å². The van der Waals surface area contributed by atoms with E-state index in [4.69, 9.17) is 4.74 Å². The van der Waals surface area contributed by atoms with Crippen LogP contribution in [0.2, 0.25) is 0 Å². The van der Waals surface area contributed by atoms with Gasteiger partial charge in [-0.1, -0.05) is 18.9 Å². The van der Waals surface area contributed by atoms with Gasteiger partial charge in [0, 0.05) is 6.54 Å². The summed E-state index contributed by atoms with van der Waals surface area (Å²) in [5.74, 6) is -0.203. The van der Waals surface area contributed by atoms with Crippen molar-refractivity contribution in [2.75, 3.05) is 13.7 Å². The third-order valence-corrected chi connectivity index (χ3v) is 3.41. The summed E-state index contributed by atoms with van der Waals surface area (Å²) in [7, 11) is 1.41. The number of rotatable bonds is 7. The third-order valence-electron chi connectivity index (χ3n) is 3.41. The number of methoxy groups -OCH3 is 1. The van der Waals surface area contributed by atoms with Crippen LogP contribution in [-0.4, -0.2) is 36.4 Å². The van der Waals surface area contributed by atoms with Gasteiger partial charge in [0.1, 0.15) is 5.54 Å². The minimum absolute atomic E-state index is 0.203. The zero-order valence-corrected chi connectivity index (χ0v) is 10.6. The molecule has 0 radical (unpaired) electrons. The highest BCUT2D eigenvalue weighted by molar-refractivity contribution is 5.81. The Kier molecular flexibility index (Phi) is 5.65. The van der Waals surface area contributed by atoms with Crippen molar-refractivity contribution in [2.45, 2.75) is 50.2 Å². The number of esters is 1. The Labute approximate surface area is 103 Å². The molecule has 1 aliphatic carbocycles. The standard InChI is InChI=1S/C13H23NO3/c1-3-4-7-11(15)10-14-13(12(16)17-2)8-5-6-9-13/h3,11,14-15H,1,4-10H2,2H3. The summed E-state index contributed by atoms with van der Waals surface area (Å²) >= 11 is 0. The molecule has 1 atom stereocenters. The summed E-state index contributed by atoms with van der Waals surface area (Å²) in [5, 5.41) is 12.9. The molecule has 4 nitrogen and oxygen atoms in total. The average molecular weight is 241 g/mol. The van der Waals surface area contributed by atoms with Crippen LogP contribution in [0.1, 0.15) is 38.5 Å². The Morgan fingerprint density at radius 3 is 2.76 bits per heavy atom. The van der Waals surface area contributed by atoms with Crippen LogP contribution in [0.4, 0.5) is 0 Å². The van der Waals surface area contributed by atoms with Gasteiger partial charge in [0.15, 0.2) is 0 Å². The first-order valence-electron chi connectivity index (χ1n) is 6.27. The molecule has 2 N–H and O–H groups in total. The van der Waals surface area contributed by atoms with Gasteiger partial charge in [-0.2, -0.15) is 0 Å². The van der Waals surface area contributed by atoms with Crippen LogP contribution in [0.3, 0.4) is 0 Å². The Morgan fingerprint density at radius 1 is 1.59 bits per heavy atom. The van der Waals surface area contributed by atoms with Crippen molar-refractivity contribution in [1.29, 1.82) is 0 Å². The lowest BCUT2D eigenvalue weighted by atomic mass is 9.97. The quantitative estimate of drug-likeness (QED) is 0.522. The Hall–Kier alpha value is -0.870. The molecule has 4 heteroatoms. The highest BCUT2D eigenvalue weighted by Crippen LogP contribution is 2.30. The zero-order valence-electron chi connectivity index (χ0n) is 10.6. The number of ether oxygens (including phenoxy) is 1. The molecular formula is C13H23NO3. The zero-order chi connectivity index (χ0) is 12.7. The van der Waals surface area contributed by atoms with Crippen LogP contribution in [0.25, 0.3) is 0 Å². The van der Waals surface area contributed by atoms with E-state index in [2.05, 4.69) is 11.9 Å². The minimum atomic E-state index is -0.566. The molecule has 0 saturated heterocycles. The number of allylic oxidation sites excluding steroid dienone is 1. The normalized spacial score (nSPS) is 19.9. The summed E-state index contributed by atoms with van der Waals surface area (Å²) in [6.07, 6.45) is 6.48. The number of hydrogen-bond donors (Lipinski definition) is 2. The smallest absolute Gasteiger partial charge is 0.326 e. The van der Waals surface area contributed by atoms with Crippen LogP contribution in [0.15, 0.2) is 12.7 Å². The van der Waals surface area contributed by atoms with E-state index in [1.54, 1.807) is 6.08 Å². The van der Waals surface area contributed by atoms with Crippen molar-refractivity contribution in [3.05, 3.63) is 12.7 Å². The number of β-amino-alcohol motifs (C(OH)–C–C–N with tert-alkyl or cyclic N) is 1. The first kappa shape index (κ1) is 14.2. The monoisotopic (exact) mass is 241 g/mol. The fourth-order valence-electron chi connectivity index (χ4n) is 2.35. The van der Waals surface area contributed by atoms with Crippen molar-refractivity contribution < 1.29 is 14.6 Å². The van der Waals surface area contributed by atoms with E-state index < -0.39 is 11.6 Å². The summed E-state index contributed by atoms with van der Waals surface area (Å²) in [6.45, 7) is 4.05. The van der Waals surface area contributed by atoms with E-state index in [1.807, 2.05) is 0 Å². The molecule has 1 aliphatic rings. The Bertz CT molecular complexity index is 259. The van der Waals surface area contributed by atoms with Crippen LogP contribution >= 0.6 is 0 Å². The molecule has 0 bridgehead atoms. The molecule has 0 aromatic heterocycles. The van der Waals surface area contributed by atoms with E-state index in [9.17, 15) is 9.90 Å². The Balaban J connectivity index is 2.45. The molecule has 1 rings (SSSR count). The van der Waals surface area contributed by atoms with E-state index >= 15 is 0 Å². The average Bonchev–Trinajstić information content (AvgIpc) is 2.82. The Morgan fingerprint density at radius 2 is 2.24 bits per heavy atom. The molecule has 17 heavy (non-hydrogen) atoms. The molecule has 0 amide bonds. The summed E-state index contributed by atoms with van der Waals surface area (Å²) in [6, 6.07) is 0. The van der Waals surface area contributed by atoms with E-state index in [0.717, 1.165) is 32.1 Å². The van der Waals surface area contributed by atoms with Gasteiger partial charge >= 0.3 is 5.97 Å². The van der Waals surface area contributed by atoms with E-state index in [0.29, 0.717) is 13.0 Å². The summed E-state index contributed by atoms with van der Waals surface area (Å²) in [4.78, 5) is 11.8.